The summed E-state index contributed by atoms with van der Waals surface area (Å²) in [4.78, 5) is 18.3. The van der Waals surface area contributed by atoms with Crippen molar-refractivity contribution in [3.8, 4) is 11.1 Å². The van der Waals surface area contributed by atoms with Gasteiger partial charge < -0.3 is 20.3 Å². The van der Waals surface area contributed by atoms with E-state index in [1.807, 2.05) is 28.5 Å². The van der Waals surface area contributed by atoms with Crippen LogP contribution in [0.5, 0.6) is 0 Å². The minimum atomic E-state index is -0.830. The molecule has 0 radical (unpaired) electrons. The van der Waals surface area contributed by atoms with Crippen LogP contribution in [0.25, 0.3) is 16.6 Å². The Morgan fingerprint density at radius 3 is 2.36 bits per heavy atom. The van der Waals surface area contributed by atoms with Crippen molar-refractivity contribution in [3.05, 3.63) is 84.6 Å². The van der Waals surface area contributed by atoms with E-state index in [2.05, 4.69) is 47.2 Å². The van der Waals surface area contributed by atoms with Crippen molar-refractivity contribution in [1.29, 1.82) is 0 Å². The summed E-state index contributed by atoms with van der Waals surface area (Å²) in [7, 11) is 0. The maximum atomic E-state index is 13.4. The summed E-state index contributed by atoms with van der Waals surface area (Å²) >= 11 is 0. The number of aromatic nitrogens is 7. The molecule has 42 heavy (non-hydrogen) atoms. The normalized spacial score (nSPS) is 18.7. The molecule has 11 nitrogen and oxygen atoms in total. The molecule has 5 aromatic rings. The second-order valence-corrected chi connectivity index (χ2v) is 10.8. The Balaban J connectivity index is 0.00000316. The molecule has 6 heterocycles. The fraction of sp³-hybridized carbons (Fsp3) is 0.367. The largest absolute Gasteiger partial charge is 0.379 e. The highest BCUT2D eigenvalue weighted by atomic mass is 19.1. The number of halogens is 1. The quantitative estimate of drug-likeness (QED) is 0.327. The number of rotatable bonds is 6. The highest BCUT2D eigenvalue weighted by Gasteiger charge is 2.27. The zero-order valence-corrected chi connectivity index (χ0v) is 22.8. The van der Waals surface area contributed by atoms with E-state index in [0.29, 0.717) is 18.6 Å². The van der Waals surface area contributed by atoms with Gasteiger partial charge in [-0.25, -0.2) is 23.9 Å². The van der Waals surface area contributed by atoms with Crippen LogP contribution < -0.4 is 15.5 Å². The Labute approximate surface area is 243 Å². The molecule has 2 aliphatic rings. The number of hydrogen-bond acceptors (Lipinski definition) is 9. The molecule has 0 amide bonds. The third-order valence-electron chi connectivity index (χ3n) is 8.14. The van der Waals surface area contributed by atoms with Gasteiger partial charge in [0, 0.05) is 74.3 Å². The monoisotopic (exact) mass is 570 g/mol. The molecule has 0 unspecified atom stereocenters. The third kappa shape index (κ3) is 5.07. The predicted octanol–water partition coefficient (Wildman–Crippen LogP) is 3.67. The molecule has 0 saturated carbocycles. The summed E-state index contributed by atoms with van der Waals surface area (Å²) in [5.41, 5.74) is 10.4. The van der Waals surface area contributed by atoms with Gasteiger partial charge in [0.05, 0.1) is 24.4 Å². The molecule has 1 aromatic carbocycles. The maximum absolute atomic E-state index is 13.4. The number of fused-ring (bicyclic) bond motifs is 1. The number of ether oxygens (including phenoxy) is 1. The number of benzene rings is 1. The SMILES string of the molecule is C.C[C@](N)(c1ccc(F)cc1)c1cnc(N2CCN(c3ncnn4cc(-c5cnn([C@@H]6CCOC6)c5)cc34)CC2)nc1. The van der Waals surface area contributed by atoms with Gasteiger partial charge in [-0.05, 0) is 37.1 Å². The minimum Gasteiger partial charge on any atom is -0.379 e. The van der Waals surface area contributed by atoms with Crippen molar-refractivity contribution < 1.29 is 9.13 Å². The molecule has 4 aromatic heterocycles. The van der Waals surface area contributed by atoms with Crippen LogP contribution >= 0.6 is 0 Å². The number of hydrogen-bond donors (Lipinski definition) is 1. The van der Waals surface area contributed by atoms with E-state index in [4.69, 9.17) is 10.5 Å². The number of nitrogens with zero attached hydrogens (tertiary/aromatic N) is 9. The van der Waals surface area contributed by atoms with Gasteiger partial charge in [-0.3, -0.25) is 4.68 Å². The van der Waals surface area contributed by atoms with Gasteiger partial charge in [-0.2, -0.15) is 10.2 Å². The van der Waals surface area contributed by atoms with Crippen molar-refractivity contribution >= 4 is 17.3 Å². The first-order chi connectivity index (χ1) is 20.0. The summed E-state index contributed by atoms with van der Waals surface area (Å²) < 4.78 is 22.8. The standard InChI is InChI=1S/C29H31FN10O.CH4/c1-29(31,22-2-4-24(30)5-3-22)23-14-32-28(33-15-23)38-9-7-37(8-10-38)27-26-12-20(16-40(26)36-19-34-27)21-13-35-39(17-21)25-6-11-41-18-25;/h2-5,12-17,19,25H,6-11,18,31H2,1H3;1H4/t25-,29+;/m1./s1. The first kappa shape index (κ1) is 27.7. The Kier molecular flexibility index (Phi) is 7.33. The molecule has 2 fully saturated rings. The van der Waals surface area contributed by atoms with Crippen LogP contribution in [0.2, 0.25) is 0 Å². The van der Waals surface area contributed by atoms with Gasteiger partial charge in [-0.15, -0.1) is 0 Å². The van der Waals surface area contributed by atoms with Crippen LogP contribution in [-0.4, -0.2) is 73.7 Å². The maximum Gasteiger partial charge on any atom is 0.225 e. The summed E-state index contributed by atoms with van der Waals surface area (Å²) in [5, 5.41) is 9.03. The van der Waals surface area contributed by atoms with Gasteiger partial charge in [0.1, 0.15) is 17.7 Å². The number of piperazine rings is 1. The first-order valence-corrected chi connectivity index (χ1v) is 13.8. The molecule has 218 valence electrons. The van der Waals surface area contributed by atoms with E-state index in [1.165, 1.54) is 12.1 Å². The first-order valence-electron chi connectivity index (χ1n) is 13.8. The van der Waals surface area contributed by atoms with E-state index >= 15 is 0 Å². The molecule has 7 rings (SSSR count). The van der Waals surface area contributed by atoms with Gasteiger partial charge in [0.2, 0.25) is 5.95 Å². The lowest BCUT2D eigenvalue weighted by Crippen LogP contribution is -2.47. The highest BCUT2D eigenvalue weighted by Crippen LogP contribution is 2.30. The molecule has 0 bridgehead atoms. The molecule has 0 aliphatic carbocycles. The van der Waals surface area contributed by atoms with Crippen molar-refractivity contribution in [2.45, 2.75) is 32.4 Å². The molecule has 0 spiro atoms. The summed E-state index contributed by atoms with van der Waals surface area (Å²) in [6, 6.07) is 8.63. The van der Waals surface area contributed by atoms with E-state index in [-0.39, 0.29) is 13.2 Å². The van der Waals surface area contributed by atoms with Crippen molar-refractivity contribution in [2.75, 3.05) is 49.2 Å². The Morgan fingerprint density at radius 2 is 1.64 bits per heavy atom. The lowest BCUT2D eigenvalue weighted by atomic mass is 9.87. The second kappa shape index (κ2) is 11.1. The minimum absolute atomic E-state index is 0. The van der Waals surface area contributed by atoms with Crippen molar-refractivity contribution in [3.63, 3.8) is 0 Å². The summed E-state index contributed by atoms with van der Waals surface area (Å²) in [5.74, 6) is 1.26. The van der Waals surface area contributed by atoms with Crippen molar-refractivity contribution in [2.24, 2.45) is 5.73 Å². The Hall–Kier alpha value is -4.42. The van der Waals surface area contributed by atoms with Crippen molar-refractivity contribution in [1.82, 2.24) is 34.3 Å². The van der Waals surface area contributed by atoms with Gasteiger partial charge in [0.15, 0.2) is 5.82 Å². The number of nitrogens with two attached hydrogens (primary N) is 1. The molecule has 2 atom stereocenters. The smallest absolute Gasteiger partial charge is 0.225 e. The van der Waals surface area contributed by atoms with Crippen LogP contribution in [0.3, 0.4) is 0 Å². The fourth-order valence-corrected chi connectivity index (χ4v) is 5.57. The Morgan fingerprint density at radius 1 is 0.905 bits per heavy atom. The zero-order valence-electron chi connectivity index (χ0n) is 22.8. The van der Waals surface area contributed by atoms with E-state index < -0.39 is 5.54 Å². The molecule has 2 N–H and O–H groups in total. The van der Waals surface area contributed by atoms with E-state index in [9.17, 15) is 4.39 Å². The topological polar surface area (TPSA) is 116 Å². The summed E-state index contributed by atoms with van der Waals surface area (Å²) in [6.07, 6.45) is 12.1. The molecule has 12 heteroatoms. The molecule has 2 saturated heterocycles. The van der Waals surface area contributed by atoms with Crippen LogP contribution in [0.1, 0.15) is 37.9 Å². The van der Waals surface area contributed by atoms with Gasteiger partial charge >= 0.3 is 0 Å². The average molecular weight is 571 g/mol. The molecular formula is C30H35FN10O. The highest BCUT2D eigenvalue weighted by molar-refractivity contribution is 5.77. The predicted molar refractivity (Wildman–Crippen MR) is 159 cm³/mol. The Bertz CT molecular complexity index is 1650. The summed E-state index contributed by atoms with van der Waals surface area (Å²) in [6.45, 7) is 6.39. The van der Waals surface area contributed by atoms with E-state index in [0.717, 1.165) is 72.8 Å². The van der Waals surface area contributed by atoms with Crippen LogP contribution in [0.15, 0.2) is 67.6 Å². The van der Waals surface area contributed by atoms with Crippen LogP contribution in [0.4, 0.5) is 16.2 Å². The molecular weight excluding hydrogens is 535 g/mol. The van der Waals surface area contributed by atoms with Gasteiger partial charge in [-0.1, -0.05) is 19.6 Å². The lowest BCUT2D eigenvalue weighted by Gasteiger charge is -2.35. The van der Waals surface area contributed by atoms with Crippen LogP contribution in [-0.2, 0) is 10.3 Å². The zero-order chi connectivity index (χ0) is 28.0. The average Bonchev–Trinajstić information content (AvgIpc) is 3.78. The third-order valence-corrected chi connectivity index (χ3v) is 8.14. The van der Waals surface area contributed by atoms with Crippen LogP contribution in [0, 0.1) is 5.82 Å². The fourth-order valence-electron chi connectivity index (χ4n) is 5.57. The number of anilines is 2. The lowest BCUT2D eigenvalue weighted by molar-refractivity contribution is 0.184. The van der Waals surface area contributed by atoms with E-state index in [1.54, 1.807) is 30.9 Å². The second-order valence-electron chi connectivity index (χ2n) is 10.8. The molecule has 2 aliphatic heterocycles. The van der Waals surface area contributed by atoms with Gasteiger partial charge in [0.25, 0.3) is 0 Å².